The third kappa shape index (κ3) is 6.69. The Morgan fingerprint density at radius 3 is 2.27 bits per heavy atom. The van der Waals surface area contributed by atoms with Crippen LogP contribution in [-0.2, 0) is 21.9 Å². The minimum Gasteiger partial charge on any atom is -0.357 e. The second kappa shape index (κ2) is 12.1. The fourth-order valence-electron chi connectivity index (χ4n) is 2.91. The molecule has 2 aromatic carbocycles. The first-order valence-corrected chi connectivity index (χ1v) is 11.9. The van der Waals surface area contributed by atoms with E-state index in [0.29, 0.717) is 32.3 Å². The first-order valence-electron chi connectivity index (χ1n) is 9.24. The van der Waals surface area contributed by atoms with Crippen molar-refractivity contribution in [2.45, 2.75) is 31.7 Å². The Kier molecular flexibility index (Phi) is 10.1. The maximum atomic E-state index is 13.1. The molecule has 0 aliphatic carbocycles. The Labute approximate surface area is 201 Å². The Hall–Kier alpha value is -1.11. The number of likely N-dealkylation sites (N-methyl/N-ethyl adjacent to an activating group) is 1. The molecule has 0 spiro atoms. The van der Waals surface area contributed by atoms with E-state index in [1.807, 2.05) is 6.92 Å². The summed E-state index contributed by atoms with van der Waals surface area (Å²) in [5, 5.41) is 4.59. The first kappa shape index (κ1) is 25.2. The third-order valence-electron chi connectivity index (χ3n) is 4.50. The van der Waals surface area contributed by atoms with E-state index in [0.717, 1.165) is 11.1 Å². The normalized spacial score (nSPS) is 11.8. The zero-order chi connectivity index (χ0) is 22.3. The fraction of sp³-hybridized carbons (Fsp3) is 0.333. The number of carbonyl (C=O) groups is 2. The summed E-state index contributed by atoms with van der Waals surface area (Å²) in [6.07, 6.45) is 0.480. The molecule has 0 saturated carbocycles. The lowest BCUT2D eigenvalue weighted by Crippen LogP contribution is -2.48. The van der Waals surface area contributed by atoms with Crippen molar-refractivity contribution in [3.05, 3.63) is 67.6 Å². The molecular formula is C21H22Cl4N2O2S. The number of halogens is 4. The van der Waals surface area contributed by atoms with E-state index in [1.54, 1.807) is 48.3 Å². The molecule has 30 heavy (non-hydrogen) atoms. The number of thioether (sulfide) groups is 1. The summed E-state index contributed by atoms with van der Waals surface area (Å²) in [6, 6.07) is 9.89. The third-order valence-corrected chi connectivity index (χ3v) is 6.89. The molecule has 0 heterocycles. The van der Waals surface area contributed by atoms with Gasteiger partial charge in [-0.25, -0.2) is 0 Å². The van der Waals surface area contributed by atoms with E-state index in [9.17, 15) is 9.59 Å². The number of hydrogen-bond donors (Lipinski definition) is 1. The van der Waals surface area contributed by atoms with Crippen LogP contribution in [0.2, 0.25) is 20.1 Å². The maximum Gasteiger partial charge on any atom is 0.242 e. The molecule has 4 nitrogen and oxygen atoms in total. The molecule has 2 amide bonds. The van der Waals surface area contributed by atoms with Gasteiger partial charge < -0.3 is 10.2 Å². The van der Waals surface area contributed by atoms with Crippen molar-refractivity contribution in [1.29, 1.82) is 0 Å². The number of benzene rings is 2. The highest BCUT2D eigenvalue weighted by Crippen LogP contribution is 2.29. The second-order valence-electron chi connectivity index (χ2n) is 6.50. The molecule has 1 N–H and O–H groups in total. The van der Waals surface area contributed by atoms with Crippen LogP contribution in [0.25, 0.3) is 0 Å². The molecule has 1 atom stereocenters. The number of nitrogens with zero attached hydrogens (tertiary/aromatic N) is 1. The molecule has 2 aromatic rings. The van der Waals surface area contributed by atoms with Gasteiger partial charge in [-0.05, 0) is 41.8 Å². The zero-order valence-corrected chi connectivity index (χ0v) is 20.4. The predicted molar refractivity (Wildman–Crippen MR) is 128 cm³/mol. The smallest absolute Gasteiger partial charge is 0.242 e. The lowest BCUT2D eigenvalue weighted by atomic mass is 10.1. The molecule has 0 fully saturated rings. The summed E-state index contributed by atoms with van der Waals surface area (Å²) < 4.78 is 0. The number of hydrogen-bond acceptors (Lipinski definition) is 3. The van der Waals surface area contributed by atoms with Crippen LogP contribution in [0.15, 0.2) is 36.4 Å². The van der Waals surface area contributed by atoms with Gasteiger partial charge in [0.2, 0.25) is 11.8 Å². The standard InChI is InChI=1S/C21H22Cl4N2O2S/c1-3-19(21(29)26-2)27(10-13-7-8-17(24)18(25)9-13)20(28)12-30-11-14-15(22)5-4-6-16(14)23/h4-9,19H,3,10-12H2,1-2H3,(H,26,29)/t19-/m0/s1. The van der Waals surface area contributed by atoms with E-state index in [4.69, 9.17) is 46.4 Å². The van der Waals surface area contributed by atoms with Crippen molar-refractivity contribution in [2.24, 2.45) is 0 Å². The molecule has 0 saturated heterocycles. The highest BCUT2D eigenvalue weighted by atomic mass is 35.5. The van der Waals surface area contributed by atoms with Gasteiger partial charge in [-0.2, -0.15) is 0 Å². The van der Waals surface area contributed by atoms with Crippen molar-refractivity contribution >= 4 is 70.0 Å². The number of rotatable bonds is 9. The van der Waals surface area contributed by atoms with Gasteiger partial charge in [0.15, 0.2) is 0 Å². The monoisotopic (exact) mass is 506 g/mol. The molecule has 0 aliphatic rings. The average molecular weight is 508 g/mol. The summed E-state index contributed by atoms with van der Waals surface area (Å²) in [7, 11) is 1.56. The van der Waals surface area contributed by atoms with E-state index >= 15 is 0 Å². The molecule has 0 aromatic heterocycles. The fourth-order valence-corrected chi connectivity index (χ4v) is 4.88. The lowest BCUT2D eigenvalue weighted by molar-refractivity contribution is -0.139. The maximum absolute atomic E-state index is 13.1. The topological polar surface area (TPSA) is 49.4 Å². The zero-order valence-electron chi connectivity index (χ0n) is 16.6. The van der Waals surface area contributed by atoms with Crippen molar-refractivity contribution in [2.75, 3.05) is 12.8 Å². The van der Waals surface area contributed by atoms with Crippen LogP contribution in [0.5, 0.6) is 0 Å². The van der Waals surface area contributed by atoms with E-state index in [-0.39, 0.29) is 24.1 Å². The average Bonchev–Trinajstić information content (AvgIpc) is 2.72. The molecule has 0 radical (unpaired) electrons. The molecule has 0 unspecified atom stereocenters. The SMILES string of the molecule is CC[C@@H](C(=O)NC)N(Cc1ccc(Cl)c(Cl)c1)C(=O)CSCc1c(Cl)cccc1Cl. The summed E-state index contributed by atoms with van der Waals surface area (Å²) in [5.41, 5.74) is 1.58. The number of nitrogens with one attached hydrogen (secondary N) is 1. The van der Waals surface area contributed by atoms with Gasteiger partial charge in [-0.15, -0.1) is 11.8 Å². The Morgan fingerprint density at radius 1 is 1.03 bits per heavy atom. The largest absolute Gasteiger partial charge is 0.357 e. The minimum absolute atomic E-state index is 0.162. The Balaban J connectivity index is 2.16. The minimum atomic E-state index is -0.596. The van der Waals surface area contributed by atoms with Crippen LogP contribution in [0.1, 0.15) is 24.5 Å². The van der Waals surface area contributed by atoms with Gasteiger partial charge in [0.25, 0.3) is 0 Å². The van der Waals surface area contributed by atoms with Crippen LogP contribution in [0.4, 0.5) is 0 Å². The van der Waals surface area contributed by atoms with Crippen molar-refractivity contribution in [3.8, 4) is 0 Å². The predicted octanol–water partition coefficient (Wildman–Crippen LogP) is 6.09. The highest BCUT2D eigenvalue weighted by Gasteiger charge is 2.28. The number of carbonyl (C=O) groups excluding carboxylic acids is 2. The van der Waals surface area contributed by atoms with Crippen LogP contribution in [0.3, 0.4) is 0 Å². The Bertz CT molecular complexity index is 890. The van der Waals surface area contributed by atoms with Gasteiger partial charge in [-0.1, -0.05) is 65.5 Å². The number of amides is 2. The summed E-state index contributed by atoms with van der Waals surface area (Å²) in [6.45, 7) is 2.11. The van der Waals surface area contributed by atoms with Gasteiger partial charge >= 0.3 is 0 Å². The van der Waals surface area contributed by atoms with Crippen molar-refractivity contribution < 1.29 is 9.59 Å². The van der Waals surface area contributed by atoms with E-state index in [2.05, 4.69) is 5.32 Å². The van der Waals surface area contributed by atoms with Crippen molar-refractivity contribution in [3.63, 3.8) is 0 Å². The lowest BCUT2D eigenvalue weighted by Gasteiger charge is -2.30. The van der Waals surface area contributed by atoms with E-state index < -0.39 is 6.04 Å². The first-order chi connectivity index (χ1) is 14.3. The molecule has 0 bridgehead atoms. The Morgan fingerprint density at radius 2 is 1.70 bits per heavy atom. The molecular weight excluding hydrogens is 486 g/mol. The summed E-state index contributed by atoms with van der Waals surface area (Å²) in [4.78, 5) is 27.0. The van der Waals surface area contributed by atoms with Crippen LogP contribution in [0, 0.1) is 0 Å². The summed E-state index contributed by atoms with van der Waals surface area (Å²) in [5.74, 6) is 0.285. The van der Waals surface area contributed by atoms with Gasteiger partial charge in [0, 0.05) is 29.4 Å². The quantitative estimate of drug-likeness (QED) is 0.447. The van der Waals surface area contributed by atoms with E-state index in [1.165, 1.54) is 11.8 Å². The van der Waals surface area contributed by atoms with Crippen LogP contribution < -0.4 is 5.32 Å². The molecule has 9 heteroatoms. The summed E-state index contributed by atoms with van der Waals surface area (Å²) >= 11 is 25.9. The van der Waals surface area contributed by atoms with Crippen LogP contribution >= 0.6 is 58.2 Å². The van der Waals surface area contributed by atoms with Crippen LogP contribution in [-0.4, -0.2) is 35.6 Å². The second-order valence-corrected chi connectivity index (χ2v) is 9.12. The highest BCUT2D eigenvalue weighted by molar-refractivity contribution is 7.99. The molecule has 162 valence electrons. The van der Waals surface area contributed by atoms with Gasteiger partial charge in [0.05, 0.1) is 15.8 Å². The molecule has 2 rings (SSSR count). The van der Waals surface area contributed by atoms with Gasteiger partial charge in [-0.3, -0.25) is 9.59 Å². The van der Waals surface area contributed by atoms with Gasteiger partial charge in [0.1, 0.15) is 6.04 Å². The van der Waals surface area contributed by atoms with Crippen molar-refractivity contribution in [1.82, 2.24) is 10.2 Å². The molecule has 0 aliphatic heterocycles.